The Morgan fingerprint density at radius 1 is 1.24 bits per heavy atom. The van der Waals surface area contributed by atoms with Crippen molar-refractivity contribution in [3.05, 3.63) is 17.2 Å². The van der Waals surface area contributed by atoms with Crippen molar-refractivity contribution < 1.29 is 0 Å². The molecule has 4 nitrogen and oxygen atoms in total. The molecule has 1 unspecified atom stereocenters. The molecular weight excluding hydrogens is 260 g/mol. The first-order chi connectivity index (χ1) is 9.90. The predicted molar refractivity (Wildman–Crippen MR) is 88.8 cm³/mol. The number of imidazole rings is 1. The number of hydrogen-bond donors (Lipinski definition) is 1. The van der Waals surface area contributed by atoms with E-state index < -0.39 is 0 Å². The quantitative estimate of drug-likeness (QED) is 0.875. The van der Waals surface area contributed by atoms with E-state index in [0.717, 1.165) is 26.1 Å². The van der Waals surface area contributed by atoms with Crippen LogP contribution in [0.1, 0.15) is 63.3 Å². The molecule has 0 fully saturated rings. The summed E-state index contributed by atoms with van der Waals surface area (Å²) < 4.78 is 2.58. The molecule has 2 heterocycles. The molecule has 0 radical (unpaired) electrons. The Balaban J connectivity index is 2.43. The molecule has 0 amide bonds. The van der Waals surface area contributed by atoms with Gasteiger partial charge in [0.15, 0.2) is 0 Å². The molecule has 1 aromatic rings. The van der Waals surface area contributed by atoms with Crippen LogP contribution in [0.15, 0.2) is 0 Å². The summed E-state index contributed by atoms with van der Waals surface area (Å²) in [5.41, 5.74) is 2.75. The Kier molecular flexibility index (Phi) is 5.44. The van der Waals surface area contributed by atoms with Gasteiger partial charge in [0, 0.05) is 43.7 Å². The van der Waals surface area contributed by atoms with Gasteiger partial charge in [-0.2, -0.15) is 0 Å². The average molecular weight is 292 g/mol. The van der Waals surface area contributed by atoms with Crippen molar-refractivity contribution in [2.75, 3.05) is 27.2 Å². The van der Waals surface area contributed by atoms with Crippen LogP contribution >= 0.6 is 0 Å². The van der Waals surface area contributed by atoms with Crippen LogP contribution in [0.2, 0.25) is 0 Å². The zero-order chi connectivity index (χ0) is 15.6. The summed E-state index contributed by atoms with van der Waals surface area (Å²) in [7, 11) is 4.35. The summed E-state index contributed by atoms with van der Waals surface area (Å²) in [6, 6.07) is 0.534. The Morgan fingerprint density at radius 2 is 1.95 bits per heavy atom. The van der Waals surface area contributed by atoms with Gasteiger partial charge in [-0.3, -0.25) is 0 Å². The van der Waals surface area contributed by atoms with Crippen molar-refractivity contribution >= 4 is 0 Å². The second-order valence-electron chi connectivity index (χ2n) is 7.36. The SMILES string of the molecule is CC(C)CC(CN(C)C)n1c(C(C)C)nc2c1CCNC2. The molecular formula is C17H32N4. The highest BCUT2D eigenvalue weighted by atomic mass is 15.2. The van der Waals surface area contributed by atoms with Crippen LogP contribution in [-0.4, -0.2) is 41.6 Å². The summed E-state index contributed by atoms with van der Waals surface area (Å²) in [4.78, 5) is 7.28. The van der Waals surface area contributed by atoms with Gasteiger partial charge in [0.25, 0.3) is 0 Å². The summed E-state index contributed by atoms with van der Waals surface area (Å²) in [5, 5.41) is 3.45. The highest BCUT2D eigenvalue weighted by Crippen LogP contribution is 2.29. The van der Waals surface area contributed by atoms with Crippen LogP contribution < -0.4 is 5.32 Å². The Morgan fingerprint density at radius 3 is 2.52 bits per heavy atom. The number of hydrogen-bond acceptors (Lipinski definition) is 3. The van der Waals surface area contributed by atoms with Crippen LogP contribution in [0, 0.1) is 5.92 Å². The fourth-order valence-electron chi connectivity index (χ4n) is 3.40. The van der Waals surface area contributed by atoms with Gasteiger partial charge in [-0.1, -0.05) is 27.7 Å². The van der Waals surface area contributed by atoms with E-state index >= 15 is 0 Å². The van der Waals surface area contributed by atoms with Gasteiger partial charge in [0.2, 0.25) is 0 Å². The first-order valence-electron chi connectivity index (χ1n) is 8.35. The zero-order valence-electron chi connectivity index (χ0n) is 14.6. The minimum atomic E-state index is 0.479. The number of likely N-dealkylation sites (N-methyl/N-ethyl adjacent to an activating group) is 1. The van der Waals surface area contributed by atoms with E-state index in [1.54, 1.807) is 0 Å². The largest absolute Gasteiger partial charge is 0.327 e. The maximum absolute atomic E-state index is 4.97. The third-order valence-corrected chi connectivity index (χ3v) is 4.15. The molecule has 1 aliphatic heterocycles. The van der Waals surface area contributed by atoms with Crippen LogP contribution in [-0.2, 0) is 13.0 Å². The molecule has 1 aliphatic rings. The highest BCUT2D eigenvalue weighted by molar-refractivity contribution is 5.23. The van der Waals surface area contributed by atoms with Crippen LogP contribution in [0.4, 0.5) is 0 Å². The molecule has 0 spiro atoms. The third kappa shape index (κ3) is 3.86. The number of nitrogens with zero attached hydrogens (tertiary/aromatic N) is 3. The van der Waals surface area contributed by atoms with Crippen molar-refractivity contribution in [1.29, 1.82) is 0 Å². The molecule has 0 saturated carbocycles. The van der Waals surface area contributed by atoms with Gasteiger partial charge >= 0.3 is 0 Å². The summed E-state index contributed by atoms with van der Waals surface area (Å²) in [6.07, 6.45) is 2.32. The van der Waals surface area contributed by atoms with Crippen molar-refractivity contribution in [2.24, 2.45) is 5.92 Å². The Labute approximate surface area is 129 Å². The topological polar surface area (TPSA) is 33.1 Å². The second-order valence-corrected chi connectivity index (χ2v) is 7.36. The lowest BCUT2D eigenvalue weighted by atomic mass is 10.0. The zero-order valence-corrected chi connectivity index (χ0v) is 14.6. The van der Waals surface area contributed by atoms with Crippen molar-refractivity contribution in [1.82, 2.24) is 19.8 Å². The minimum absolute atomic E-state index is 0.479. The molecule has 0 aliphatic carbocycles. The predicted octanol–water partition coefficient (Wildman–Crippen LogP) is 2.80. The van der Waals surface area contributed by atoms with Gasteiger partial charge in [-0.25, -0.2) is 4.98 Å². The number of fused-ring (bicyclic) bond motifs is 1. The van der Waals surface area contributed by atoms with E-state index in [4.69, 9.17) is 4.98 Å². The fraction of sp³-hybridized carbons (Fsp3) is 0.824. The molecule has 21 heavy (non-hydrogen) atoms. The monoisotopic (exact) mass is 292 g/mol. The van der Waals surface area contributed by atoms with E-state index in [9.17, 15) is 0 Å². The van der Waals surface area contributed by atoms with Crippen LogP contribution in [0.3, 0.4) is 0 Å². The Hall–Kier alpha value is -0.870. The molecule has 0 bridgehead atoms. The number of rotatable bonds is 6. The van der Waals surface area contributed by atoms with Crippen LogP contribution in [0.5, 0.6) is 0 Å². The second kappa shape index (κ2) is 6.93. The fourth-order valence-corrected chi connectivity index (χ4v) is 3.40. The first-order valence-corrected chi connectivity index (χ1v) is 8.35. The normalized spacial score (nSPS) is 16.8. The van der Waals surface area contributed by atoms with Gasteiger partial charge in [0.05, 0.1) is 5.69 Å². The lowest BCUT2D eigenvalue weighted by Gasteiger charge is -2.29. The minimum Gasteiger partial charge on any atom is -0.327 e. The lowest BCUT2D eigenvalue weighted by molar-refractivity contribution is 0.278. The van der Waals surface area contributed by atoms with Crippen molar-refractivity contribution in [3.63, 3.8) is 0 Å². The maximum atomic E-state index is 4.97. The maximum Gasteiger partial charge on any atom is 0.112 e. The van der Waals surface area contributed by atoms with Crippen LogP contribution in [0.25, 0.3) is 0 Å². The molecule has 2 rings (SSSR count). The van der Waals surface area contributed by atoms with Crippen molar-refractivity contribution in [2.45, 2.75) is 59.0 Å². The first kappa shape index (κ1) is 16.5. The smallest absolute Gasteiger partial charge is 0.112 e. The molecule has 0 saturated heterocycles. The lowest BCUT2D eigenvalue weighted by Crippen LogP contribution is -2.31. The summed E-state index contributed by atoms with van der Waals surface area (Å²) in [6.45, 7) is 12.3. The number of aromatic nitrogens is 2. The molecule has 1 aromatic heterocycles. The molecule has 120 valence electrons. The van der Waals surface area contributed by atoms with Gasteiger partial charge < -0.3 is 14.8 Å². The van der Waals surface area contributed by atoms with E-state index in [1.165, 1.54) is 23.6 Å². The van der Waals surface area contributed by atoms with E-state index in [1.807, 2.05) is 0 Å². The van der Waals surface area contributed by atoms with E-state index in [-0.39, 0.29) is 0 Å². The summed E-state index contributed by atoms with van der Waals surface area (Å²) >= 11 is 0. The Bertz CT molecular complexity index is 450. The van der Waals surface area contributed by atoms with Gasteiger partial charge in [-0.15, -0.1) is 0 Å². The molecule has 4 heteroatoms. The summed E-state index contributed by atoms with van der Waals surface area (Å²) in [5.74, 6) is 2.46. The standard InChI is InChI=1S/C17H32N4/c1-12(2)9-14(11-20(5)6)21-16-7-8-18-10-15(16)19-17(21)13(3)4/h12-14,18H,7-11H2,1-6H3. The molecule has 1 atom stereocenters. The average Bonchev–Trinajstić information content (AvgIpc) is 2.76. The molecule has 1 N–H and O–H groups in total. The third-order valence-electron chi connectivity index (χ3n) is 4.15. The van der Waals surface area contributed by atoms with Gasteiger partial charge in [-0.05, 0) is 26.4 Å². The molecule has 0 aromatic carbocycles. The van der Waals surface area contributed by atoms with Gasteiger partial charge in [0.1, 0.15) is 5.82 Å². The van der Waals surface area contributed by atoms with Crippen molar-refractivity contribution in [3.8, 4) is 0 Å². The number of nitrogens with one attached hydrogen (secondary N) is 1. The highest BCUT2D eigenvalue weighted by Gasteiger charge is 2.26. The van der Waals surface area contributed by atoms with E-state index in [0.29, 0.717) is 17.9 Å². The van der Waals surface area contributed by atoms with E-state index in [2.05, 4.69) is 56.6 Å².